The molecule has 2 nitrogen and oxygen atoms in total. The normalized spacial score (nSPS) is 11.4. The fraction of sp³-hybridized carbons (Fsp3) is 0.214. The van der Waals surface area contributed by atoms with Gasteiger partial charge in [-0.1, -0.05) is 13.0 Å². The number of pyridine rings is 1. The smallest absolute Gasteiger partial charge is 0.156 e. The highest BCUT2D eigenvalue weighted by molar-refractivity contribution is 6.05. The van der Waals surface area contributed by atoms with E-state index in [4.69, 9.17) is 4.42 Å². The van der Waals surface area contributed by atoms with Gasteiger partial charge in [0.2, 0.25) is 0 Å². The minimum atomic E-state index is 0.908. The van der Waals surface area contributed by atoms with E-state index >= 15 is 0 Å². The minimum absolute atomic E-state index is 0.908. The molecule has 0 atom stereocenters. The molecule has 0 spiro atoms. The van der Waals surface area contributed by atoms with Crippen LogP contribution in [-0.2, 0) is 6.42 Å². The Bertz CT molecular complexity index is 667. The van der Waals surface area contributed by atoms with Crippen LogP contribution in [-0.4, -0.2) is 4.98 Å². The number of aryl methyl sites for hydroxylation is 2. The SMILES string of the molecule is CCc1ccc2oc3c(C)nccc3c2c1. The molecule has 0 unspecified atom stereocenters. The molecule has 0 N–H and O–H groups in total. The first-order valence-corrected chi connectivity index (χ1v) is 5.56. The lowest BCUT2D eigenvalue weighted by Gasteiger charge is -1.95. The summed E-state index contributed by atoms with van der Waals surface area (Å²) in [5.74, 6) is 0. The third-order valence-corrected chi connectivity index (χ3v) is 3.04. The van der Waals surface area contributed by atoms with Crippen LogP contribution in [0, 0.1) is 6.92 Å². The molecule has 0 saturated heterocycles. The molecular weight excluding hydrogens is 198 g/mol. The summed E-state index contributed by atoms with van der Waals surface area (Å²) in [4.78, 5) is 4.25. The molecule has 0 aliphatic carbocycles. The van der Waals surface area contributed by atoms with E-state index in [1.54, 1.807) is 0 Å². The standard InChI is InChI=1S/C14H13NO/c1-3-10-4-5-13-12(8-10)11-6-7-15-9(2)14(11)16-13/h4-8H,3H2,1-2H3. The summed E-state index contributed by atoms with van der Waals surface area (Å²) >= 11 is 0. The predicted octanol–water partition coefficient (Wildman–Crippen LogP) is 3.85. The number of rotatable bonds is 1. The second-order valence-corrected chi connectivity index (χ2v) is 4.06. The number of hydrogen-bond donors (Lipinski definition) is 0. The summed E-state index contributed by atoms with van der Waals surface area (Å²) in [5.41, 5.74) is 4.14. The lowest BCUT2D eigenvalue weighted by atomic mass is 10.1. The summed E-state index contributed by atoms with van der Waals surface area (Å²) in [7, 11) is 0. The van der Waals surface area contributed by atoms with E-state index in [1.807, 2.05) is 25.3 Å². The third kappa shape index (κ3) is 1.23. The van der Waals surface area contributed by atoms with Crippen LogP contribution in [0.2, 0.25) is 0 Å². The highest BCUT2D eigenvalue weighted by Gasteiger charge is 2.09. The maximum absolute atomic E-state index is 5.82. The Morgan fingerprint density at radius 3 is 2.88 bits per heavy atom. The van der Waals surface area contributed by atoms with Crippen molar-refractivity contribution < 1.29 is 4.42 Å². The van der Waals surface area contributed by atoms with E-state index in [-0.39, 0.29) is 0 Å². The van der Waals surface area contributed by atoms with Gasteiger partial charge in [-0.05, 0) is 37.1 Å². The molecule has 0 amide bonds. The Labute approximate surface area is 93.9 Å². The Hall–Kier alpha value is -1.83. The van der Waals surface area contributed by atoms with E-state index in [9.17, 15) is 0 Å². The highest BCUT2D eigenvalue weighted by Crippen LogP contribution is 2.30. The van der Waals surface area contributed by atoms with Gasteiger partial charge in [-0.15, -0.1) is 0 Å². The molecule has 2 aromatic heterocycles. The molecule has 2 heterocycles. The van der Waals surface area contributed by atoms with Gasteiger partial charge in [-0.25, -0.2) is 0 Å². The van der Waals surface area contributed by atoms with Gasteiger partial charge in [-0.3, -0.25) is 4.98 Å². The van der Waals surface area contributed by atoms with Gasteiger partial charge in [-0.2, -0.15) is 0 Å². The number of fused-ring (bicyclic) bond motifs is 3. The zero-order valence-corrected chi connectivity index (χ0v) is 9.45. The quantitative estimate of drug-likeness (QED) is 0.611. The molecule has 3 aromatic rings. The fourth-order valence-electron chi connectivity index (χ4n) is 2.10. The first-order valence-electron chi connectivity index (χ1n) is 5.56. The van der Waals surface area contributed by atoms with Gasteiger partial charge < -0.3 is 4.42 Å². The molecule has 80 valence electrons. The summed E-state index contributed by atoms with van der Waals surface area (Å²) in [5, 5.41) is 2.36. The molecule has 0 saturated carbocycles. The number of nitrogens with zero attached hydrogens (tertiary/aromatic N) is 1. The van der Waals surface area contributed by atoms with Gasteiger partial charge >= 0.3 is 0 Å². The molecule has 0 aliphatic heterocycles. The maximum Gasteiger partial charge on any atom is 0.156 e. The van der Waals surface area contributed by atoms with Gasteiger partial charge in [0.05, 0.1) is 5.69 Å². The van der Waals surface area contributed by atoms with Crippen LogP contribution in [0.3, 0.4) is 0 Å². The van der Waals surface area contributed by atoms with Crippen LogP contribution in [0.25, 0.3) is 21.9 Å². The van der Waals surface area contributed by atoms with E-state index in [2.05, 4.69) is 24.0 Å². The Morgan fingerprint density at radius 1 is 1.19 bits per heavy atom. The first kappa shape index (κ1) is 9.40. The predicted molar refractivity (Wildman–Crippen MR) is 65.6 cm³/mol. The van der Waals surface area contributed by atoms with Crippen molar-refractivity contribution in [3.8, 4) is 0 Å². The molecule has 3 rings (SSSR count). The summed E-state index contributed by atoms with van der Waals surface area (Å²) in [6, 6.07) is 8.40. The monoisotopic (exact) mass is 211 g/mol. The third-order valence-electron chi connectivity index (χ3n) is 3.04. The molecule has 0 aliphatic rings. The molecule has 2 heteroatoms. The second-order valence-electron chi connectivity index (χ2n) is 4.06. The molecular formula is C14H13NO. The highest BCUT2D eigenvalue weighted by atomic mass is 16.3. The summed E-state index contributed by atoms with van der Waals surface area (Å²) in [6.07, 6.45) is 2.89. The second kappa shape index (κ2) is 3.34. The largest absolute Gasteiger partial charge is 0.454 e. The van der Waals surface area contributed by atoms with Crippen LogP contribution in [0.5, 0.6) is 0 Å². The van der Waals surface area contributed by atoms with Crippen molar-refractivity contribution in [1.82, 2.24) is 4.98 Å². The molecule has 0 fully saturated rings. The topological polar surface area (TPSA) is 26.0 Å². The van der Waals surface area contributed by atoms with Crippen LogP contribution in [0.1, 0.15) is 18.2 Å². The molecule has 0 bridgehead atoms. The van der Waals surface area contributed by atoms with Crippen molar-refractivity contribution in [2.24, 2.45) is 0 Å². The van der Waals surface area contributed by atoms with Gasteiger partial charge in [0.25, 0.3) is 0 Å². The van der Waals surface area contributed by atoms with E-state index in [0.29, 0.717) is 0 Å². The average molecular weight is 211 g/mol. The average Bonchev–Trinajstić information content (AvgIpc) is 2.68. The van der Waals surface area contributed by atoms with Crippen molar-refractivity contribution in [3.05, 3.63) is 41.7 Å². The van der Waals surface area contributed by atoms with Gasteiger partial charge in [0.1, 0.15) is 5.58 Å². The van der Waals surface area contributed by atoms with Crippen molar-refractivity contribution in [3.63, 3.8) is 0 Å². The fourth-order valence-corrected chi connectivity index (χ4v) is 2.10. The molecule has 0 radical (unpaired) electrons. The lowest BCUT2D eigenvalue weighted by Crippen LogP contribution is -1.79. The summed E-state index contributed by atoms with van der Waals surface area (Å²) in [6.45, 7) is 4.14. The van der Waals surface area contributed by atoms with Crippen molar-refractivity contribution in [1.29, 1.82) is 0 Å². The van der Waals surface area contributed by atoms with E-state index in [0.717, 1.165) is 28.7 Å². The summed E-state index contributed by atoms with van der Waals surface area (Å²) < 4.78 is 5.82. The Kier molecular flexibility index (Phi) is 1.96. The van der Waals surface area contributed by atoms with Crippen LogP contribution in [0.15, 0.2) is 34.9 Å². The Morgan fingerprint density at radius 2 is 2.06 bits per heavy atom. The molecule has 16 heavy (non-hydrogen) atoms. The van der Waals surface area contributed by atoms with E-state index < -0.39 is 0 Å². The minimum Gasteiger partial charge on any atom is -0.454 e. The first-order chi connectivity index (χ1) is 7.79. The number of benzene rings is 1. The van der Waals surface area contributed by atoms with Gasteiger partial charge in [0.15, 0.2) is 5.58 Å². The lowest BCUT2D eigenvalue weighted by molar-refractivity contribution is 0.662. The van der Waals surface area contributed by atoms with Crippen LogP contribution in [0.4, 0.5) is 0 Å². The number of furan rings is 1. The van der Waals surface area contributed by atoms with Gasteiger partial charge in [0, 0.05) is 17.0 Å². The Balaban J connectivity index is 2.47. The van der Waals surface area contributed by atoms with Crippen molar-refractivity contribution >= 4 is 21.9 Å². The van der Waals surface area contributed by atoms with Crippen LogP contribution < -0.4 is 0 Å². The molecule has 1 aromatic carbocycles. The van der Waals surface area contributed by atoms with Crippen molar-refractivity contribution in [2.45, 2.75) is 20.3 Å². The number of aromatic nitrogens is 1. The van der Waals surface area contributed by atoms with Crippen LogP contribution >= 0.6 is 0 Å². The van der Waals surface area contributed by atoms with E-state index in [1.165, 1.54) is 10.9 Å². The maximum atomic E-state index is 5.82. The number of hydrogen-bond acceptors (Lipinski definition) is 2. The zero-order chi connectivity index (χ0) is 11.1. The van der Waals surface area contributed by atoms with Crippen molar-refractivity contribution in [2.75, 3.05) is 0 Å². The zero-order valence-electron chi connectivity index (χ0n) is 9.45.